The summed E-state index contributed by atoms with van der Waals surface area (Å²) in [5, 5.41) is 0. The van der Waals surface area contributed by atoms with Gasteiger partial charge in [0.1, 0.15) is 5.82 Å². The summed E-state index contributed by atoms with van der Waals surface area (Å²) in [5.41, 5.74) is 8.99. The van der Waals surface area contributed by atoms with Gasteiger partial charge in [-0.2, -0.15) is 0 Å². The Kier molecular flexibility index (Phi) is 2.44. The highest BCUT2D eigenvalue weighted by molar-refractivity contribution is 5.60. The number of rotatable bonds is 2. The second-order valence-corrected chi connectivity index (χ2v) is 4.77. The van der Waals surface area contributed by atoms with Crippen molar-refractivity contribution in [1.29, 1.82) is 0 Å². The molecule has 0 unspecified atom stereocenters. The first-order valence-corrected chi connectivity index (χ1v) is 5.96. The Morgan fingerprint density at radius 3 is 2.88 bits per heavy atom. The summed E-state index contributed by atoms with van der Waals surface area (Å²) in [6.45, 7) is 2.05. The Hall–Kier alpha value is -1.68. The molecule has 0 radical (unpaired) electrons. The van der Waals surface area contributed by atoms with E-state index in [2.05, 4.69) is 21.9 Å². The molecule has 2 aromatic heterocycles. The van der Waals surface area contributed by atoms with Crippen LogP contribution in [0.1, 0.15) is 30.3 Å². The molecule has 4 heteroatoms. The summed E-state index contributed by atoms with van der Waals surface area (Å²) in [7, 11) is 0. The van der Waals surface area contributed by atoms with Gasteiger partial charge in [0.25, 0.3) is 0 Å². The smallest absolute Gasteiger partial charge is 0.110 e. The maximum Gasteiger partial charge on any atom is 0.110 e. The van der Waals surface area contributed by atoms with Crippen LogP contribution in [-0.2, 0) is 0 Å². The molecule has 0 amide bonds. The Bertz CT molecular complexity index is 511. The first-order chi connectivity index (χ1) is 8.24. The molecule has 0 saturated heterocycles. The number of aromatic nitrogens is 3. The molecule has 1 fully saturated rings. The summed E-state index contributed by atoms with van der Waals surface area (Å²) in [4.78, 5) is 12.2. The molecule has 0 aromatic carbocycles. The van der Waals surface area contributed by atoms with Crippen molar-refractivity contribution in [3.63, 3.8) is 0 Å². The van der Waals surface area contributed by atoms with Crippen molar-refractivity contribution >= 4 is 0 Å². The molecule has 1 aliphatic carbocycles. The van der Waals surface area contributed by atoms with E-state index < -0.39 is 0 Å². The van der Waals surface area contributed by atoms with Crippen molar-refractivity contribution < 1.29 is 0 Å². The number of hydrogen-bond donors (Lipinski definition) is 2. The van der Waals surface area contributed by atoms with Gasteiger partial charge < -0.3 is 10.7 Å². The fraction of sp³-hybridized carbons (Fsp3) is 0.385. The molecule has 88 valence electrons. The third kappa shape index (κ3) is 1.85. The maximum atomic E-state index is 5.81. The lowest BCUT2D eigenvalue weighted by molar-refractivity contribution is 0.340. The van der Waals surface area contributed by atoms with E-state index in [0.29, 0.717) is 12.0 Å². The van der Waals surface area contributed by atoms with Gasteiger partial charge in [-0.1, -0.05) is 0 Å². The molecule has 17 heavy (non-hydrogen) atoms. The zero-order valence-electron chi connectivity index (χ0n) is 9.85. The Labute approximate surface area is 100 Å². The Morgan fingerprint density at radius 1 is 1.41 bits per heavy atom. The number of aromatic amines is 1. The van der Waals surface area contributed by atoms with Crippen LogP contribution in [0.15, 0.2) is 24.5 Å². The van der Waals surface area contributed by atoms with Gasteiger partial charge in [-0.05, 0) is 31.9 Å². The fourth-order valence-corrected chi connectivity index (χ4v) is 2.35. The summed E-state index contributed by atoms with van der Waals surface area (Å²) in [6, 6.07) is 4.32. The third-order valence-electron chi connectivity index (χ3n) is 3.40. The van der Waals surface area contributed by atoms with Gasteiger partial charge in [0, 0.05) is 35.6 Å². The van der Waals surface area contributed by atoms with Gasteiger partial charge in [-0.25, -0.2) is 4.98 Å². The van der Waals surface area contributed by atoms with Gasteiger partial charge in [-0.15, -0.1) is 0 Å². The van der Waals surface area contributed by atoms with E-state index in [1.54, 1.807) is 6.20 Å². The molecule has 1 aliphatic rings. The van der Waals surface area contributed by atoms with Gasteiger partial charge in [-0.3, -0.25) is 4.98 Å². The zero-order valence-corrected chi connectivity index (χ0v) is 9.85. The van der Waals surface area contributed by atoms with Crippen molar-refractivity contribution in [3.8, 4) is 11.3 Å². The van der Waals surface area contributed by atoms with Crippen LogP contribution in [0.25, 0.3) is 11.3 Å². The highest BCUT2D eigenvalue weighted by Crippen LogP contribution is 2.35. The van der Waals surface area contributed by atoms with Crippen LogP contribution < -0.4 is 5.73 Å². The minimum absolute atomic E-state index is 0.354. The highest BCUT2D eigenvalue weighted by Gasteiger charge is 2.30. The number of aryl methyl sites for hydroxylation is 1. The molecule has 1 saturated carbocycles. The molecule has 2 heterocycles. The van der Waals surface area contributed by atoms with E-state index in [1.165, 1.54) is 0 Å². The molecule has 3 N–H and O–H groups in total. The SMILES string of the molecule is Cc1[nH]c(C2CC(N)C2)nc1-c1cccnc1. The van der Waals surface area contributed by atoms with Crippen molar-refractivity contribution in [3.05, 3.63) is 36.0 Å². The molecule has 2 aromatic rings. The average Bonchev–Trinajstić information content (AvgIpc) is 2.68. The highest BCUT2D eigenvalue weighted by atomic mass is 15.0. The topological polar surface area (TPSA) is 67.6 Å². The predicted molar refractivity (Wildman–Crippen MR) is 66.5 cm³/mol. The van der Waals surface area contributed by atoms with E-state index in [1.807, 2.05) is 18.3 Å². The molecular weight excluding hydrogens is 212 g/mol. The largest absolute Gasteiger partial charge is 0.345 e. The van der Waals surface area contributed by atoms with Crippen LogP contribution in [0.4, 0.5) is 0 Å². The number of hydrogen-bond acceptors (Lipinski definition) is 3. The molecule has 0 atom stereocenters. The van der Waals surface area contributed by atoms with Gasteiger partial charge in [0.05, 0.1) is 5.69 Å². The lowest BCUT2D eigenvalue weighted by Gasteiger charge is -2.30. The first-order valence-electron chi connectivity index (χ1n) is 5.96. The average molecular weight is 228 g/mol. The number of pyridine rings is 1. The van der Waals surface area contributed by atoms with Crippen LogP contribution in [0.3, 0.4) is 0 Å². The first kappa shape index (κ1) is 10.5. The molecular formula is C13H16N4. The lowest BCUT2D eigenvalue weighted by Crippen LogP contribution is -2.35. The number of H-pyrrole nitrogens is 1. The zero-order chi connectivity index (χ0) is 11.8. The number of nitrogens with zero attached hydrogens (tertiary/aromatic N) is 2. The van der Waals surface area contributed by atoms with E-state index in [9.17, 15) is 0 Å². The van der Waals surface area contributed by atoms with E-state index in [0.717, 1.165) is 35.6 Å². The Balaban J connectivity index is 1.91. The van der Waals surface area contributed by atoms with E-state index in [4.69, 9.17) is 5.73 Å². The second-order valence-electron chi connectivity index (χ2n) is 4.77. The monoisotopic (exact) mass is 228 g/mol. The van der Waals surface area contributed by atoms with Crippen LogP contribution in [0.2, 0.25) is 0 Å². The van der Waals surface area contributed by atoms with Crippen LogP contribution in [0.5, 0.6) is 0 Å². The standard InChI is InChI=1S/C13H16N4/c1-8-12(9-3-2-4-15-7-9)17-13(16-8)10-5-11(14)6-10/h2-4,7,10-11H,5-6,14H2,1H3,(H,16,17). The quantitative estimate of drug-likeness (QED) is 0.826. The molecule has 0 spiro atoms. The molecule has 4 nitrogen and oxygen atoms in total. The normalized spacial score (nSPS) is 23.4. The van der Waals surface area contributed by atoms with E-state index >= 15 is 0 Å². The van der Waals surface area contributed by atoms with E-state index in [-0.39, 0.29) is 0 Å². The van der Waals surface area contributed by atoms with Crippen molar-refractivity contribution in [2.24, 2.45) is 5.73 Å². The molecule has 3 rings (SSSR count). The second kappa shape index (κ2) is 3.96. The minimum Gasteiger partial charge on any atom is -0.345 e. The number of nitrogens with two attached hydrogens (primary N) is 1. The van der Waals surface area contributed by atoms with Crippen molar-refractivity contribution in [2.75, 3.05) is 0 Å². The number of nitrogens with one attached hydrogen (secondary N) is 1. The van der Waals surface area contributed by atoms with Crippen LogP contribution in [0, 0.1) is 6.92 Å². The van der Waals surface area contributed by atoms with Gasteiger partial charge in [0.2, 0.25) is 0 Å². The van der Waals surface area contributed by atoms with Crippen LogP contribution >= 0.6 is 0 Å². The summed E-state index contributed by atoms with van der Waals surface area (Å²) in [5.74, 6) is 1.58. The van der Waals surface area contributed by atoms with Crippen molar-refractivity contribution in [1.82, 2.24) is 15.0 Å². The molecule has 0 bridgehead atoms. The number of imidazole rings is 1. The summed E-state index contributed by atoms with van der Waals surface area (Å²) in [6.07, 6.45) is 5.70. The minimum atomic E-state index is 0.354. The lowest BCUT2D eigenvalue weighted by atomic mass is 9.80. The fourth-order valence-electron chi connectivity index (χ4n) is 2.35. The third-order valence-corrected chi connectivity index (χ3v) is 3.40. The van der Waals surface area contributed by atoms with Crippen LogP contribution in [-0.4, -0.2) is 21.0 Å². The Morgan fingerprint density at radius 2 is 2.24 bits per heavy atom. The van der Waals surface area contributed by atoms with Gasteiger partial charge >= 0.3 is 0 Å². The summed E-state index contributed by atoms with van der Waals surface area (Å²) < 4.78 is 0. The molecule has 0 aliphatic heterocycles. The van der Waals surface area contributed by atoms with Gasteiger partial charge in [0.15, 0.2) is 0 Å². The summed E-state index contributed by atoms with van der Waals surface area (Å²) >= 11 is 0. The maximum absolute atomic E-state index is 5.81. The predicted octanol–water partition coefficient (Wildman–Crippen LogP) is 1.98. The van der Waals surface area contributed by atoms with Crippen molar-refractivity contribution in [2.45, 2.75) is 31.7 Å².